The highest BCUT2D eigenvalue weighted by atomic mass is 32.1. The molecule has 0 fully saturated rings. The molecule has 4 nitrogen and oxygen atoms in total. The molecule has 4 aromatic rings. The Bertz CT molecular complexity index is 1410. The molecule has 0 bridgehead atoms. The van der Waals surface area contributed by atoms with Gasteiger partial charge in [0.15, 0.2) is 11.6 Å². The van der Waals surface area contributed by atoms with Crippen LogP contribution in [0.2, 0.25) is 0 Å². The fourth-order valence-corrected chi connectivity index (χ4v) is 5.01. The van der Waals surface area contributed by atoms with Crippen molar-refractivity contribution in [1.29, 1.82) is 0 Å². The summed E-state index contributed by atoms with van der Waals surface area (Å²) in [6.45, 7) is 5.76. The van der Waals surface area contributed by atoms with Gasteiger partial charge in [-0.15, -0.1) is 11.3 Å². The first kappa shape index (κ1) is 19.2. The standard InChI is InChI=1S/C26H18N2O2S/c1-3-8-20-17-9-6-7-12-22(17)28(26(20)27-2)23-14-13-16(31-23)15-21-24(29)18-10-4-5-11-19(18)25(21)30/h3-15H,2H2,1H3/b8-3-. The Hall–Kier alpha value is -3.83. The first-order valence-electron chi connectivity index (χ1n) is 9.87. The largest absolute Gasteiger partial charge is 0.288 e. The number of aliphatic imine (C=N–C) groups is 1. The lowest BCUT2D eigenvalue weighted by molar-refractivity contribution is 0.0990. The summed E-state index contributed by atoms with van der Waals surface area (Å²) in [6.07, 6.45) is 5.71. The van der Waals surface area contributed by atoms with E-state index in [-0.39, 0.29) is 17.1 Å². The van der Waals surface area contributed by atoms with Gasteiger partial charge >= 0.3 is 0 Å². The van der Waals surface area contributed by atoms with Crippen molar-refractivity contribution in [1.82, 2.24) is 4.57 Å². The molecule has 0 atom stereocenters. The molecule has 2 aromatic heterocycles. The number of para-hydroxylation sites is 1. The lowest BCUT2D eigenvalue weighted by Gasteiger charge is -2.04. The van der Waals surface area contributed by atoms with Gasteiger partial charge in [0, 0.05) is 27.0 Å². The predicted molar refractivity (Wildman–Crippen MR) is 128 cm³/mol. The van der Waals surface area contributed by atoms with E-state index in [0.717, 1.165) is 32.2 Å². The van der Waals surface area contributed by atoms with Crippen molar-refractivity contribution in [3.8, 4) is 5.00 Å². The molecule has 5 rings (SSSR count). The number of carbonyl (C=O) groups is 2. The van der Waals surface area contributed by atoms with Gasteiger partial charge < -0.3 is 0 Å². The Labute approximate surface area is 183 Å². The molecule has 0 spiro atoms. The van der Waals surface area contributed by atoms with E-state index in [1.54, 1.807) is 30.3 Å². The maximum Gasteiger partial charge on any atom is 0.197 e. The number of Topliss-reactive ketones (excluding diaryl/α,β-unsaturated/α-hetero) is 2. The van der Waals surface area contributed by atoms with Crippen LogP contribution in [0.25, 0.3) is 28.1 Å². The summed E-state index contributed by atoms with van der Waals surface area (Å²) in [4.78, 5) is 30.6. The van der Waals surface area contributed by atoms with Gasteiger partial charge in [-0.3, -0.25) is 14.2 Å². The molecule has 2 aromatic carbocycles. The number of carbonyl (C=O) groups excluding carboxylic acids is 2. The number of fused-ring (bicyclic) bond motifs is 2. The Kier molecular flexibility index (Phi) is 4.60. The summed E-state index contributed by atoms with van der Waals surface area (Å²) in [6, 6.07) is 19.0. The van der Waals surface area contributed by atoms with E-state index in [2.05, 4.69) is 28.4 Å². The molecule has 0 amide bonds. The topological polar surface area (TPSA) is 51.4 Å². The molecule has 1 aliphatic rings. The van der Waals surface area contributed by atoms with Crippen LogP contribution in [-0.4, -0.2) is 22.9 Å². The second-order valence-corrected chi connectivity index (χ2v) is 8.28. The van der Waals surface area contributed by atoms with Crippen LogP contribution >= 0.6 is 11.3 Å². The molecule has 2 heterocycles. The van der Waals surface area contributed by atoms with E-state index in [1.165, 1.54) is 11.3 Å². The van der Waals surface area contributed by atoms with Crippen molar-refractivity contribution in [3.63, 3.8) is 0 Å². The SMILES string of the molecule is C=Nc1c(/C=C\C)c2ccccc2n1-c1ccc(C=C2C(=O)c3ccccc3C2=O)s1. The highest BCUT2D eigenvalue weighted by Gasteiger charge is 2.32. The van der Waals surface area contributed by atoms with E-state index in [4.69, 9.17) is 0 Å². The third-order valence-electron chi connectivity index (χ3n) is 5.40. The van der Waals surface area contributed by atoms with Crippen LogP contribution in [0.4, 0.5) is 5.82 Å². The number of hydrogen-bond acceptors (Lipinski definition) is 4. The van der Waals surface area contributed by atoms with Crippen LogP contribution in [0, 0.1) is 0 Å². The van der Waals surface area contributed by atoms with Gasteiger partial charge in [-0.05, 0) is 37.9 Å². The molecular weight excluding hydrogens is 404 g/mol. The molecule has 0 aliphatic heterocycles. The Balaban J connectivity index is 1.63. The van der Waals surface area contributed by atoms with Crippen molar-refractivity contribution in [2.45, 2.75) is 6.92 Å². The minimum Gasteiger partial charge on any atom is -0.288 e. The number of nitrogens with zero attached hydrogens (tertiary/aromatic N) is 2. The highest BCUT2D eigenvalue weighted by Crippen LogP contribution is 2.39. The molecule has 1 aliphatic carbocycles. The lowest BCUT2D eigenvalue weighted by Crippen LogP contribution is -1.99. The minimum absolute atomic E-state index is 0.212. The fourth-order valence-electron chi connectivity index (χ4n) is 4.05. The second kappa shape index (κ2) is 7.45. The molecule has 0 saturated carbocycles. The van der Waals surface area contributed by atoms with Crippen LogP contribution in [0.1, 0.15) is 38.1 Å². The number of aromatic nitrogens is 1. The minimum atomic E-state index is -0.217. The average Bonchev–Trinajstić information content (AvgIpc) is 3.45. The number of thiophene rings is 1. The van der Waals surface area contributed by atoms with Gasteiger partial charge in [0.1, 0.15) is 10.8 Å². The Morgan fingerprint density at radius 1 is 0.935 bits per heavy atom. The van der Waals surface area contributed by atoms with E-state index in [0.29, 0.717) is 11.1 Å². The molecular formula is C26H18N2O2S. The molecule has 5 heteroatoms. The van der Waals surface area contributed by atoms with Gasteiger partial charge in [0.25, 0.3) is 0 Å². The summed E-state index contributed by atoms with van der Waals surface area (Å²) >= 11 is 1.50. The first-order chi connectivity index (χ1) is 15.1. The zero-order valence-electron chi connectivity index (χ0n) is 16.8. The van der Waals surface area contributed by atoms with Crippen molar-refractivity contribution >= 4 is 58.5 Å². The summed E-state index contributed by atoms with van der Waals surface area (Å²) < 4.78 is 2.07. The number of rotatable bonds is 4. The molecule has 0 unspecified atom stereocenters. The number of benzene rings is 2. The van der Waals surface area contributed by atoms with Gasteiger partial charge in [-0.2, -0.15) is 0 Å². The first-order valence-corrected chi connectivity index (χ1v) is 10.7. The van der Waals surface area contributed by atoms with Crippen LogP contribution < -0.4 is 0 Å². The Morgan fingerprint density at radius 2 is 1.61 bits per heavy atom. The summed E-state index contributed by atoms with van der Waals surface area (Å²) in [5.74, 6) is 0.331. The van der Waals surface area contributed by atoms with Gasteiger partial charge in [-0.1, -0.05) is 54.6 Å². The fraction of sp³-hybridized carbons (Fsp3) is 0.0385. The summed E-state index contributed by atoms with van der Waals surface area (Å²) in [7, 11) is 0. The third kappa shape index (κ3) is 2.94. The molecule has 150 valence electrons. The number of ketones is 2. The van der Waals surface area contributed by atoms with Crippen molar-refractivity contribution in [3.05, 3.63) is 93.9 Å². The zero-order valence-corrected chi connectivity index (χ0v) is 17.6. The van der Waals surface area contributed by atoms with Crippen LogP contribution in [0.15, 0.2) is 77.3 Å². The van der Waals surface area contributed by atoms with Crippen LogP contribution in [0.3, 0.4) is 0 Å². The lowest BCUT2D eigenvalue weighted by atomic mass is 10.1. The van der Waals surface area contributed by atoms with E-state index in [1.807, 2.05) is 43.3 Å². The molecule has 0 N–H and O–H groups in total. The number of hydrogen-bond donors (Lipinski definition) is 0. The van der Waals surface area contributed by atoms with Crippen LogP contribution in [-0.2, 0) is 0 Å². The molecule has 0 radical (unpaired) electrons. The highest BCUT2D eigenvalue weighted by molar-refractivity contribution is 7.15. The van der Waals surface area contributed by atoms with Crippen molar-refractivity contribution in [2.24, 2.45) is 4.99 Å². The van der Waals surface area contributed by atoms with Crippen molar-refractivity contribution < 1.29 is 9.59 Å². The second-order valence-electron chi connectivity index (χ2n) is 7.19. The molecule has 0 saturated heterocycles. The average molecular weight is 423 g/mol. The summed E-state index contributed by atoms with van der Waals surface area (Å²) in [5.41, 5.74) is 3.20. The van der Waals surface area contributed by atoms with Crippen molar-refractivity contribution in [2.75, 3.05) is 0 Å². The quantitative estimate of drug-likeness (QED) is 0.214. The summed E-state index contributed by atoms with van der Waals surface area (Å²) in [5, 5.41) is 2.03. The normalized spacial score (nSPS) is 13.4. The van der Waals surface area contributed by atoms with Gasteiger partial charge in [0.2, 0.25) is 0 Å². The monoisotopic (exact) mass is 422 g/mol. The smallest absolute Gasteiger partial charge is 0.197 e. The van der Waals surface area contributed by atoms with E-state index >= 15 is 0 Å². The Morgan fingerprint density at radius 3 is 2.29 bits per heavy atom. The zero-order chi connectivity index (χ0) is 21.5. The maximum absolute atomic E-state index is 12.7. The maximum atomic E-state index is 12.7. The number of allylic oxidation sites excluding steroid dienone is 2. The van der Waals surface area contributed by atoms with Gasteiger partial charge in [-0.25, -0.2) is 4.99 Å². The van der Waals surface area contributed by atoms with Crippen LogP contribution in [0.5, 0.6) is 0 Å². The predicted octanol–water partition coefficient (Wildman–Crippen LogP) is 6.52. The van der Waals surface area contributed by atoms with E-state index < -0.39 is 0 Å². The third-order valence-corrected chi connectivity index (χ3v) is 6.41. The van der Waals surface area contributed by atoms with Gasteiger partial charge in [0.05, 0.1) is 11.1 Å². The molecule has 31 heavy (non-hydrogen) atoms. The van der Waals surface area contributed by atoms with E-state index in [9.17, 15) is 9.59 Å².